The standard InChI is InChI=1S/C12H15N5O2/c1-19-10-4-2-3-9(5-10)15-12(18)7-17-8-14-11(6-13)16-17/h2-5,8H,6-7,13H2,1H3,(H,15,18). The minimum Gasteiger partial charge on any atom is -0.497 e. The van der Waals surface area contributed by atoms with Gasteiger partial charge in [-0.15, -0.1) is 0 Å². The lowest BCUT2D eigenvalue weighted by Crippen LogP contribution is -2.19. The number of aromatic nitrogens is 3. The second-order valence-corrected chi connectivity index (χ2v) is 3.84. The first-order chi connectivity index (χ1) is 9.21. The molecule has 0 saturated carbocycles. The van der Waals surface area contributed by atoms with Gasteiger partial charge < -0.3 is 15.8 Å². The number of anilines is 1. The quantitative estimate of drug-likeness (QED) is 0.811. The number of carbonyl (C=O) groups excluding carboxylic acids is 1. The third-order valence-electron chi connectivity index (χ3n) is 2.43. The largest absolute Gasteiger partial charge is 0.497 e. The van der Waals surface area contributed by atoms with Crippen molar-refractivity contribution in [3.63, 3.8) is 0 Å². The molecule has 1 heterocycles. The fourth-order valence-corrected chi connectivity index (χ4v) is 1.55. The smallest absolute Gasteiger partial charge is 0.246 e. The SMILES string of the molecule is COc1cccc(NC(=O)Cn2cnc(CN)n2)c1. The number of hydrogen-bond donors (Lipinski definition) is 2. The molecule has 1 amide bonds. The second kappa shape index (κ2) is 5.96. The summed E-state index contributed by atoms with van der Waals surface area (Å²) in [5, 5.41) is 6.79. The van der Waals surface area contributed by atoms with Gasteiger partial charge in [-0.1, -0.05) is 6.07 Å². The van der Waals surface area contributed by atoms with Crippen LogP contribution in [0.2, 0.25) is 0 Å². The van der Waals surface area contributed by atoms with Crippen molar-refractivity contribution < 1.29 is 9.53 Å². The predicted octanol–water partition coefficient (Wildman–Crippen LogP) is 0.384. The molecule has 7 nitrogen and oxygen atoms in total. The van der Waals surface area contributed by atoms with Gasteiger partial charge in [-0.05, 0) is 12.1 Å². The first kappa shape index (κ1) is 13.0. The van der Waals surface area contributed by atoms with Crippen molar-refractivity contribution in [3.05, 3.63) is 36.4 Å². The molecule has 0 atom stereocenters. The third kappa shape index (κ3) is 3.52. The molecule has 0 aliphatic heterocycles. The molecule has 0 aliphatic rings. The number of hydrogen-bond acceptors (Lipinski definition) is 5. The summed E-state index contributed by atoms with van der Waals surface area (Å²) in [5.74, 6) is 1.000. The van der Waals surface area contributed by atoms with Crippen LogP contribution in [0, 0.1) is 0 Å². The molecule has 0 radical (unpaired) electrons. The summed E-state index contributed by atoms with van der Waals surface area (Å²) < 4.78 is 6.52. The van der Waals surface area contributed by atoms with E-state index in [9.17, 15) is 4.79 Å². The maximum absolute atomic E-state index is 11.8. The number of methoxy groups -OCH3 is 1. The monoisotopic (exact) mass is 261 g/mol. The van der Waals surface area contributed by atoms with Crippen molar-refractivity contribution in [2.24, 2.45) is 5.73 Å². The molecule has 2 rings (SSSR count). The molecule has 100 valence electrons. The van der Waals surface area contributed by atoms with Crippen LogP contribution in [0.15, 0.2) is 30.6 Å². The average Bonchev–Trinajstić information content (AvgIpc) is 2.86. The number of nitrogens with two attached hydrogens (primary N) is 1. The number of nitrogens with zero attached hydrogens (tertiary/aromatic N) is 3. The molecule has 3 N–H and O–H groups in total. The van der Waals surface area contributed by atoms with E-state index in [0.717, 1.165) is 0 Å². The van der Waals surface area contributed by atoms with Gasteiger partial charge >= 0.3 is 0 Å². The van der Waals surface area contributed by atoms with Gasteiger partial charge in [-0.3, -0.25) is 4.79 Å². The molecular formula is C12H15N5O2. The van der Waals surface area contributed by atoms with Gasteiger partial charge in [0, 0.05) is 11.8 Å². The van der Waals surface area contributed by atoms with Crippen molar-refractivity contribution in [1.29, 1.82) is 0 Å². The summed E-state index contributed by atoms with van der Waals surface area (Å²) in [6, 6.07) is 7.13. The van der Waals surface area contributed by atoms with E-state index < -0.39 is 0 Å². The van der Waals surface area contributed by atoms with Crippen LogP contribution in [0.5, 0.6) is 5.75 Å². The van der Waals surface area contributed by atoms with E-state index in [0.29, 0.717) is 17.3 Å². The van der Waals surface area contributed by atoms with E-state index in [4.69, 9.17) is 10.5 Å². The van der Waals surface area contributed by atoms with Crippen molar-refractivity contribution in [3.8, 4) is 5.75 Å². The lowest BCUT2D eigenvalue weighted by atomic mass is 10.3. The fourth-order valence-electron chi connectivity index (χ4n) is 1.55. The predicted molar refractivity (Wildman–Crippen MR) is 69.5 cm³/mol. The van der Waals surface area contributed by atoms with Crippen molar-refractivity contribution >= 4 is 11.6 Å². The minimum atomic E-state index is -0.193. The van der Waals surface area contributed by atoms with Gasteiger partial charge in [0.05, 0.1) is 13.7 Å². The Morgan fingerprint density at radius 1 is 1.53 bits per heavy atom. The molecule has 0 bridgehead atoms. The lowest BCUT2D eigenvalue weighted by Gasteiger charge is -2.06. The Morgan fingerprint density at radius 2 is 2.37 bits per heavy atom. The summed E-state index contributed by atoms with van der Waals surface area (Å²) >= 11 is 0. The van der Waals surface area contributed by atoms with Crippen LogP contribution < -0.4 is 15.8 Å². The molecule has 0 fully saturated rings. The van der Waals surface area contributed by atoms with Gasteiger partial charge in [0.1, 0.15) is 18.6 Å². The first-order valence-electron chi connectivity index (χ1n) is 5.73. The zero-order chi connectivity index (χ0) is 13.7. The summed E-state index contributed by atoms with van der Waals surface area (Å²) in [5.41, 5.74) is 6.07. The normalized spacial score (nSPS) is 10.2. The Morgan fingerprint density at radius 3 is 3.05 bits per heavy atom. The van der Waals surface area contributed by atoms with Crippen LogP contribution in [0.25, 0.3) is 0 Å². The van der Waals surface area contributed by atoms with Crippen LogP contribution in [0.1, 0.15) is 5.82 Å². The summed E-state index contributed by atoms with van der Waals surface area (Å²) in [7, 11) is 1.57. The number of rotatable bonds is 5. The van der Waals surface area contributed by atoms with Gasteiger partial charge in [-0.25, -0.2) is 9.67 Å². The third-order valence-corrected chi connectivity index (χ3v) is 2.43. The van der Waals surface area contributed by atoms with Crippen LogP contribution in [0.4, 0.5) is 5.69 Å². The summed E-state index contributed by atoms with van der Waals surface area (Å²) in [6.07, 6.45) is 1.48. The van der Waals surface area contributed by atoms with Crippen LogP contribution in [-0.2, 0) is 17.9 Å². The molecule has 2 aromatic rings. The second-order valence-electron chi connectivity index (χ2n) is 3.84. The highest BCUT2D eigenvalue weighted by molar-refractivity contribution is 5.90. The number of nitrogens with one attached hydrogen (secondary N) is 1. The molecule has 1 aromatic heterocycles. The van der Waals surface area contributed by atoms with Crippen LogP contribution in [-0.4, -0.2) is 27.8 Å². The van der Waals surface area contributed by atoms with E-state index in [-0.39, 0.29) is 19.0 Å². The van der Waals surface area contributed by atoms with Gasteiger partial charge in [0.2, 0.25) is 5.91 Å². The van der Waals surface area contributed by atoms with Gasteiger partial charge in [-0.2, -0.15) is 5.10 Å². The fraction of sp³-hybridized carbons (Fsp3) is 0.250. The highest BCUT2D eigenvalue weighted by atomic mass is 16.5. The van der Waals surface area contributed by atoms with Crippen LogP contribution >= 0.6 is 0 Å². The Hall–Kier alpha value is -2.41. The van der Waals surface area contributed by atoms with Gasteiger partial charge in [0.15, 0.2) is 5.82 Å². The van der Waals surface area contributed by atoms with E-state index in [1.54, 1.807) is 31.4 Å². The highest BCUT2D eigenvalue weighted by Crippen LogP contribution is 2.16. The van der Waals surface area contributed by atoms with Crippen molar-refractivity contribution in [2.45, 2.75) is 13.1 Å². The molecule has 0 saturated heterocycles. The Labute approximate surface area is 110 Å². The number of ether oxygens (including phenoxy) is 1. The Balaban J connectivity index is 1.96. The van der Waals surface area contributed by atoms with Gasteiger partial charge in [0.25, 0.3) is 0 Å². The van der Waals surface area contributed by atoms with E-state index in [1.807, 2.05) is 0 Å². The van der Waals surface area contributed by atoms with E-state index >= 15 is 0 Å². The molecule has 19 heavy (non-hydrogen) atoms. The molecular weight excluding hydrogens is 246 g/mol. The zero-order valence-electron chi connectivity index (χ0n) is 10.5. The number of amides is 1. The van der Waals surface area contributed by atoms with Crippen molar-refractivity contribution in [1.82, 2.24) is 14.8 Å². The zero-order valence-corrected chi connectivity index (χ0v) is 10.5. The van der Waals surface area contributed by atoms with E-state index in [1.165, 1.54) is 11.0 Å². The Kier molecular flexibility index (Phi) is 4.09. The summed E-state index contributed by atoms with van der Waals surface area (Å²) in [6.45, 7) is 0.342. The maximum atomic E-state index is 11.8. The molecule has 0 spiro atoms. The highest BCUT2D eigenvalue weighted by Gasteiger charge is 2.06. The Bertz CT molecular complexity index is 567. The maximum Gasteiger partial charge on any atom is 0.246 e. The molecule has 7 heteroatoms. The van der Waals surface area contributed by atoms with Crippen LogP contribution in [0.3, 0.4) is 0 Å². The topological polar surface area (TPSA) is 95.1 Å². The first-order valence-corrected chi connectivity index (χ1v) is 5.73. The molecule has 1 aromatic carbocycles. The average molecular weight is 261 g/mol. The summed E-state index contributed by atoms with van der Waals surface area (Å²) in [4.78, 5) is 15.8. The molecule has 0 unspecified atom stereocenters. The van der Waals surface area contributed by atoms with E-state index in [2.05, 4.69) is 15.4 Å². The minimum absolute atomic E-state index is 0.0875. The lowest BCUT2D eigenvalue weighted by molar-refractivity contribution is -0.116. The molecule has 0 aliphatic carbocycles. The van der Waals surface area contributed by atoms with Crippen molar-refractivity contribution in [2.75, 3.05) is 12.4 Å². The number of carbonyl (C=O) groups is 1. The number of benzene rings is 1.